The van der Waals surface area contributed by atoms with Crippen molar-refractivity contribution in [3.63, 3.8) is 0 Å². The lowest BCUT2D eigenvalue weighted by molar-refractivity contribution is -0.118. The molecule has 2 heterocycles. The third-order valence-electron chi connectivity index (χ3n) is 6.80. The van der Waals surface area contributed by atoms with Crippen LogP contribution in [0.2, 0.25) is 0 Å². The van der Waals surface area contributed by atoms with Gasteiger partial charge in [-0.05, 0) is 54.2 Å². The number of allylic oxidation sites excluding steroid dienone is 3. The largest absolute Gasteiger partial charge is 0.384 e. The van der Waals surface area contributed by atoms with Crippen molar-refractivity contribution in [3.05, 3.63) is 88.1 Å². The third kappa shape index (κ3) is 5.50. The minimum atomic E-state index is -0.701. The van der Waals surface area contributed by atoms with Crippen molar-refractivity contribution in [1.82, 2.24) is 10.2 Å². The van der Waals surface area contributed by atoms with Gasteiger partial charge in [-0.1, -0.05) is 61.2 Å². The number of nitrogens with two attached hydrogens (primary N) is 1. The van der Waals surface area contributed by atoms with E-state index in [9.17, 15) is 19.2 Å². The number of carbonyl (C=O) groups excluding carboxylic acids is 2. The minimum absolute atomic E-state index is 0.0854. The molecule has 0 saturated heterocycles. The topological polar surface area (TPSA) is 125 Å². The highest BCUT2D eigenvalue weighted by atomic mass is 32.2. The second kappa shape index (κ2) is 10.9. The number of carbonyl (C=O) groups is 2. The maximum atomic E-state index is 13.7. The SMILES string of the molecule is Cc1cccc(NC(=O)CSc2nnc(N3C(N)=C(C#N)C(c4ccc(F)cc4)C4=C3CC(C)(C)CC4=O)s2)c1. The first-order valence-electron chi connectivity index (χ1n) is 12.6. The van der Waals surface area contributed by atoms with Gasteiger partial charge in [-0.25, -0.2) is 4.39 Å². The summed E-state index contributed by atoms with van der Waals surface area (Å²) >= 11 is 2.47. The van der Waals surface area contributed by atoms with Gasteiger partial charge in [0.2, 0.25) is 11.0 Å². The Balaban J connectivity index is 1.46. The number of anilines is 2. The molecule has 1 amide bonds. The van der Waals surface area contributed by atoms with E-state index in [0.29, 0.717) is 39.1 Å². The zero-order valence-electron chi connectivity index (χ0n) is 22.2. The van der Waals surface area contributed by atoms with Crippen molar-refractivity contribution in [2.24, 2.45) is 11.1 Å². The highest BCUT2D eigenvalue weighted by Crippen LogP contribution is 2.50. The zero-order chi connectivity index (χ0) is 28.6. The summed E-state index contributed by atoms with van der Waals surface area (Å²) in [4.78, 5) is 27.7. The number of rotatable bonds is 6. The molecule has 2 aliphatic rings. The number of benzene rings is 2. The Labute approximate surface area is 239 Å². The molecular weight excluding hydrogens is 547 g/mol. The number of nitrogens with one attached hydrogen (secondary N) is 1. The highest BCUT2D eigenvalue weighted by molar-refractivity contribution is 8.01. The van der Waals surface area contributed by atoms with Gasteiger partial charge < -0.3 is 11.1 Å². The van der Waals surface area contributed by atoms with E-state index in [2.05, 4.69) is 21.6 Å². The molecule has 0 bridgehead atoms. The molecule has 1 aliphatic carbocycles. The molecule has 0 radical (unpaired) electrons. The standard InChI is InChI=1S/C29H27FN6O2S2/c1-16-5-4-6-19(11-16)33-23(38)15-39-28-35-34-27(40-28)36-21-12-29(2,3)13-22(37)25(21)24(20(14-31)26(36)32)17-7-9-18(30)10-8-17/h4-11,24H,12-13,15,32H2,1-3H3,(H,33,38). The molecule has 8 nitrogen and oxygen atoms in total. The molecule has 40 heavy (non-hydrogen) atoms. The van der Waals surface area contributed by atoms with Gasteiger partial charge >= 0.3 is 0 Å². The summed E-state index contributed by atoms with van der Waals surface area (Å²) < 4.78 is 14.3. The van der Waals surface area contributed by atoms with E-state index in [0.717, 1.165) is 11.3 Å². The molecule has 1 unspecified atom stereocenters. The van der Waals surface area contributed by atoms with Gasteiger partial charge in [0.1, 0.15) is 11.6 Å². The van der Waals surface area contributed by atoms with Crippen LogP contribution >= 0.6 is 23.1 Å². The lowest BCUT2D eigenvalue weighted by atomic mass is 9.69. The maximum absolute atomic E-state index is 13.7. The number of hydrogen-bond donors (Lipinski definition) is 2. The van der Waals surface area contributed by atoms with Crippen LogP contribution in [0.25, 0.3) is 0 Å². The Morgan fingerprint density at radius 3 is 2.70 bits per heavy atom. The monoisotopic (exact) mass is 574 g/mol. The van der Waals surface area contributed by atoms with Crippen LogP contribution in [0.4, 0.5) is 15.2 Å². The van der Waals surface area contributed by atoms with Crippen molar-refractivity contribution in [3.8, 4) is 6.07 Å². The molecule has 3 N–H and O–H groups in total. The average molecular weight is 575 g/mol. The Bertz CT molecular complexity index is 1600. The first kappa shape index (κ1) is 27.6. The van der Waals surface area contributed by atoms with Gasteiger partial charge in [-0.15, -0.1) is 10.2 Å². The van der Waals surface area contributed by atoms with Crippen LogP contribution in [-0.2, 0) is 9.59 Å². The Hall–Kier alpha value is -4.01. The number of nitrogens with zero attached hydrogens (tertiary/aromatic N) is 4. The van der Waals surface area contributed by atoms with Gasteiger partial charge in [0.05, 0.1) is 23.3 Å². The van der Waals surface area contributed by atoms with Crippen LogP contribution in [0.5, 0.6) is 0 Å². The Kier molecular flexibility index (Phi) is 7.49. The summed E-state index contributed by atoms with van der Waals surface area (Å²) in [5, 5.41) is 22.0. The van der Waals surface area contributed by atoms with Crippen molar-refractivity contribution in [1.29, 1.82) is 5.26 Å². The predicted octanol–water partition coefficient (Wildman–Crippen LogP) is 5.66. The van der Waals surface area contributed by atoms with E-state index in [1.54, 1.807) is 17.0 Å². The van der Waals surface area contributed by atoms with Gasteiger partial charge in [0.15, 0.2) is 10.1 Å². The molecule has 1 aliphatic heterocycles. The van der Waals surface area contributed by atoms with Crippen molar-refractivity contribution >= 4 is 45.6 Å². The number of halogens is 1. The van der Waals surface area contributed by atoms with Gasteiger partial charge in [-0.2, -0.15) is 5.26 Å². The molecule has 3 aromatic rings. The summed E-state index contributed by atoms with van der Waals surface area (Å²) in [6, 6.07) is 15.5. The molecule has 1 atom stereocenters. The lowest BCUT2D eigenvalue weighted by Gasteiger charge is -2.42. The fourth-order valence-corrected chi connectivity index (χ4v) is 6.79. The molecule has 0 spiro atoms. The number of thioether (sulfide) groups is 1. The van der Waals surface area contributed by atoms with E-state index in [-0.39, 0.29) is 34.3 Å². The summed E-state index contributed by atoms with van der Waals surface area (Å²) in [6.07, 6.45) is 0.829. The van der Waals surface area contributed by atoms with Crippen LogP contribution in [0.1, 0.15) is 43.7 Å². The number of nitriles is 1. The smallest absolute Gasteiger partial charge is 0.234 e. The lowest BCUT2D eigenvalue weighted by Crippen LogP contribution is -2.42. The maximum Gasteiger partial charge on any atom is 0.234 e. The molecule has 11 heteroatoms. The quantitative estimate of drug-likeness (QED) is 0.362. The molecule has 1 aromatic heterocycles. The molecular formula is C29H27FN6O2S2. The van der Waals surface area contributed by atoms with Gasteiger partial charge in [-0.3, -0.25) is 14.5 Å². The highest BCUT2D eigenvalue weighted by Gasteiger charge is 2.45. The number of hydrogen-bond acceptors (Lipinski definition) is 9. The average Bonchev–Trinajstić information content (AvgIpc) is 3.35. The predicted molar refractivity (Wildman–Crippen MR) is 154 cm³/mol. The second-order valence-electron chi connectivity index (χ2n) is 10.6. The van der Waals surface area contributed by atoms with Crippen LogP contribution in [0.3, 0.4) is 0 Å². The molecule has 5 rings (SSSR count). The van der Waals surface area contributed by atoms with E-state index in [1.807, 2.05) is 45.0 Å². The fraction of sp³-hybridized carbons (Fsp3) is 0.276. The van der Waals surface area contributed by atoms with Gasteiger partial charge in [0, 0.05) is 23.4 Å². The summed E-state index contributed by atoms with van der Waals surface area (Å²) in [7, 11) is 0. The number of aryl methyl sites for hydroxylation is 1. The molecule has 0 saturated carbocycles. The number of ketones is 1. The van der Waals surface area contributed by atoms with Crippen LogP contribution in [0, 0.1) is 29.5 Å². The second-order valence-corrected chi connectivity index (χ2v) is 12.8. The van der Waals surface area contributed by atoms with Crippen molar-refractivity contribution in [2.75, 3.05) is 16.0 Å². The van der Waals surface area contributed by atoms with Crippen LogP contribution < -0.4 is 16.0 Å². The first-order valence-corrected chi connectivity index (χ1v) is 14.4. The Morgan fingerprint density at radius 2 is 2.00 bits per heavy atom. The molecule has 2 aromatic carbocycles. The normalized spacial score (nSPS) is 18.4. The number of aromatic nitrogens is 2. The van der Waals surface area contributed by atoms with Crippen LogP contribution in [-0.4, -0.2) is 27.6 Å². The third-order valence-corrected chi connectivity index (χ3v) is 8.84. The zero-order valence-corrected chi connectivity index (χ0v) is 23.8. The summed E-state index contributed by atoms with van der Waals surface area (Å²) in [5.41, 5.74) is 9.99. The summed E-state index contributed by atoms with van der Waals surface area (Å²) in [5.74, 6) is -1.09. The van der Waals surface area contributed by atoms with Crippen LogP contribution in [0.15, 0.2) is 75.5 Å². The number of Topliss-reactive ketones (excluding diaryl/α,β-unsaturated/α-hetero) is 1. The number of amides is 1. The van der Waals surface area contributed by atoms with Crippen molar-refractivity contribution < 1.29 is 14.0 Å². The van der Waals surface area contributed by atoms with E-state index < -0.39 is 11.7 Å². The fourth-order valence-electron chi connectivity index (χ4n) is 5.11. The Morgan fingerprint density at radius 1 is 1.25 bits per heavy atom. The summed E-state index contributed by atoms with van der Waals surface area (Å²) in [6.45, 7) is 5.97. The first-order chi connectivity index (χ1) is 19.1. The van der Waals surface area contributed by atoms with E-state index in [4.69, 9.17) is 5.73 Å². The van der Waals surface area contributed by atoms with E-state index in [1.165, 1.54) is 35.2 Å². The minimum Gasteiger partial charge on any atom is -0.384 e. The van der Waals surface area contributed by atoms with E-state index >= 15 is 0 Å². The van der Waals surface area contributed by atoms with Gasteiger partial charge in [0.25, 0.3) is 0 Å². The molecule has 204 valence electrons. The van der Waals surface area contributed by atoms with Crippen molar-refractivity contribution in [2.45, 2.75) is 43.9 Å². The molecule has 0 fully saturated rings.